The molecule has 2 saturated heterocycles. The number of halogens is 2. The monoisotopic (exact) mass is 409 g/mol. The van der Waals surface area contributed by atoms with E-state index in [1.54, 1.807) is 11.8 Å². The second-order valence-electron chi connectivity index (χ2n) is 9.50. The van der Waals surface area contributed by atoms with Gasteiger partial charge in [0.05, 0.1) is 19.3 Å². The van der Waals surface area contributed by atoms with Crippen molar-refractivity contribution < 1.29 is 27.8 Å². The Morgan fingerprint density at radius 2 is 1.66 bits per heavy atom. The zero-order chi connectivity index (χ0) is 20.9. The summed E-state index contributed by atoms with van der Waals surface area (Å²) in [5.41, 5.74) is 0.0755. The van der Waals surface area contributed by atoms with Crippen LogP contribution in [0.1, 0.15) is 64.5 Å². The Hall–Kier alpha value is -1.73. The Morgan fingerprint density at radius 3 is 2.24 bits per heavy atom. The molecular weight excluding hydrogens is 380 g/mol. The van der Waals surface area contributed by atoms with Gasteiger partial charge >= 0.3 is 6.09 Å². The van der Waals surface area contributed by atoms with Gasteiger partial charge in [0.2, 0.25) is 0 Å². The molecule has 4 rings (SSSR count). The molecule has 1 saturated carbocycles. The minimum Gasteiger partial charge on any atom is -0.443 e. The standard InChI is InChI=1S/C22H29F2NO4/c1-15(16-4-5-17(23)18(24)12-16)25-11-10-21(29-19(25)26)6-8-22(9-7-21)27-13-20(2,3)14-28-22/h4-5,12,15H,6-11,13-14H2,1-3H3/t15-/m0/s1. The normalized spacial score (nSPS) is 26.4. The first-order valence-corrected chi connectivity index (χ1v) is 10.4. The summed E-state index contributed by atoms with van der Waals surface area (Å²) in [7, 11) is 0. The van der Waals surface area contributed by atoms with Gasteiger partial charge in [-0.15, -0.1) is 0 Å². The van der Waals surface area contributed by atoms with E-state index in [2.05, 4.69) is 13.8 Å². The lowest BCUT2D eigenvalue weighted by atomic mass is 9.77. The first-order valence-electron chi connectivity index (χ1n) is 10.4. The molecule has 2 aliphatic heterocycles. The van der Waals surface area contributed by atoms with Crippen LogP contribution < -0.4 is 0 Å². The van der Waals surface area contributed by atoms with Crippen LogP contribution in [-0.4, -0.2) is 42.1 Å². The van der Waals surface area contributed by atoms with Crippen LogP contribution in [0.15, 0.2) is 18.2 Å². The SMILES string of the molecule is C[C@@H](c1ccc(F)c(F)c1)N1CCC2(CCC3(CC2)OCC(C)(C)CO3)OC1=O. The summed E-state index contributed by atoms with van der Waals surface area (Å²) in [6.45, 7) is 7.89. The van der Waals surface area contributed by atoms with Crippen molar-refractivity contribution in [3.63, 3.8) is 0 Å². The lowest BCUT2D eigenvalue weighted by molar-refractivity contribution is -0.320. The highest BCUT2D eigenvalue weighted by molar-refractivity contribution is 5.69. The van der Waals surface area contributed by atoms with Gasteiger partial charge in [0.25, 0.3) is 0 Å². The largest absolute Gasteiger partial charge is 0.443 e. The summed E-state index contributed by atoms with van der Waals surface area (Å²) >= 11 is 0. The molecule has 2 spiro atoms. The third kappa shape index (κ3) is 3.99. The van der Waals surface area contributed by atoms with Crippen LogP contribution in [0.5, 0.6) is 0 Å². The summed E-state index contributed by atoms with van der Waals surface area (Å²) < 4.78 is 44.9. The second kappa shape index (κ2) is 7.20. The fraction of sp³-hybridized carbons (Fsp3) is 0.682. The summed E-state index contributed by atoms with van der Waals surface area (Å²) in [4.78, 5) is 14.3. The minimum absolute atomic E-state index is 0.0220. The highest BCUT2D eigenvalue weighted by Gasteiger charge is 2.51. The number of amides is 1. The zero-order valence-electron chi connectivity index (χ0n) is 17.3. The van der Waals surface area contributed by atoms with Crippen molar-refractivity contribution in [2.75, 3.05) is 19.8 Å². The number of hydrogen-bond donors (Lipinski definition) is 0. The van der Waals surface area contributed by atoms with Crippen molar-refractivity contribution >= 4 is 6.09 Å². The van der Waals surface area contributed by atoms with E-state index in [0.29, 0.717) is 57.4 Å². The predicted molar refractivity (Wildman–Crippen MR) is 102 cm³/mol. The van der Waals surface area contributed by atoms with Crippen molar-refractivity contribution in [3.05, 3.63) is 35.4 Å². The quantitative estimate of drug-likeness (QED) is 0.693. The Balaban J connectivity index is 1.38. The zero-order valence-corrected chi connectivity index (χ0v) is 17.3. The number of carbonyl (C=O) groups excluding carboxylic acids is 1. The predicted octanol–water partition coefficient (Wildman–Crippen LogP) is 4.95. The molecule has 1 amide bonds. The molecule has 0 unspecified atom stereocenters. The lowest BCUT2D eigenvalue weighted by Crippen LogP contribution is -2.56. The number of ether oxygens (including phenoxy) is 3. The Kier molecular flexibility index (Phi) is 5.10. The fourth-order valence-corrected chi connectivity index (χ4v) is 4.48. The molecule has 160 valence electrons. The molecule has 5 nitrogen and oxygen atoms in total. The third-order valence-electron chi connectivity index (χ3n) is 6.62. The molecular formula is C22H29F2NO4. The molecule has 1 aromatic rings. The van der Waals surface area contributed by atoms with Crippen LogP contribution in [0.25, 0.3) is 0 Å². The van der Waals surface area contributed by atoms with Gasteiger partial charge in [-0.05, 0) is 37.5 Å². The lowest BCUT2D eigenvalue weighted by Gasteiger charge is -2.51. The van der Waals surface area contributed by atoms with E-state index in [1.165, 1.54) is 6.07 Å². The van der Waals surface area contributed by atoms with E-state index < -0.39 is 35.2 Å². The number of nitrogens with zero attached hydrogens (tertiary/aromatic N) is 1. The first kappa shape index (κ1) is 20.5. The number of carbonyl (C=O) groups is 1. The van der Waals surface area contributed by atoms with Gasteiger partial charge in [-0.2, -0.15) is 0 Å². The van der Waals surface area contributed by atoms with Crippen LogP contribution in [-0.2, 0) is 14.2 Å². The van der Waals surface area contributed by atoms with Crippen molar-refractivity contribution in [2.24, 2.45) is 5.41 Å². The van der Waals surface area contributed by atoms with Crippen LogP contribution in [0.2, 0.25) is 0 Å². The molecule has 29 heavy (non-hydrogen) atoms. The van der Waals surface area contributed by atoms with Crippen LogP contribution in [0, 0.1) is 17.0 Å². The van der Waals surface area contributed by atoms with Gasteiger partial charge in [-0.25, -0.2) is 13.6 Å². The van der Waals surface area contributed by atoms with Gasteiger partial charge < -0.3 is 19.1 Å². The van der Waals surface area contributed by atoms with Gasteiger partial charge in [-0.1, -0.05) is 19.9 Å². The topological polar surface area (TPSA) is 48.0 Å². The molecule has 1 aliphatic carbocycles. The highest BCUT2D eigenvalue weighted by atomic mass is 19.2. The molecule has 0 bridgehead atoms. The van der Waals surface area contributed by atoms with Crippen molar-refractivity contribution in [3.8, 4) is 0 Å². The van der Waals surface area contributed by atoms with E-state index in [0.717, 1.165) is 12.1 Å². The van der Waals surface area contributed by atoms with E-state index in [1.807, 2.05) is 0 Å². The molecule has 0 N–H and O–H groups in total. The third-order valence-corrected chi connectivity index (χ3v) is 6.62. The fourth-order valence-electron chi connectivity index (χ4n) is 4.48. The van der Waals surface area contributed by atoms with E-state index >= 15 is 0 Å². The van der Waals surface area contributed by atoms with Crippen LogP contribution >= 0.6 is 0 Å². The smallest absolute Gasteiger partial charge is 0.410 e. The summed E-state index contributed by atoms with van der Waals surface area (Å²) in [5, 5.41) is 0. The number of hydrogen-bond acceptors (Lipinski definition) is 4. The van der Waals surface area contributed by atoms with Crippen molar-refractivity contribution in [1.82, 2.24) is 4.90 Å². The molecule has 0 radical (unpaired) electrons. The van der Waals surface area contributed by atoms with Gasteiger partial charge in [0.1, 0.15) is 5.60 Å². The Morgan fingerprint density at radius 1 is 1.00 bits per heavy atom. The van der Waals surface area contributed by atoms with Gasteiger partial charge in [-0.3, -0.25) is 0 Å². The van der Waals surface area contributed by atoms with E-state index in [9.17, 15) is 13.6 Å². The van der Waals surface area contributed by atoms with Crippen LogP contribution in [0.3, 0.4) is 0 Å². The van der Waals surface area contributed by atoms with Crippen LogP contribution in [0.4, 0.5) is 13.6 Å². The molecule has 2 heterocycles. The summed E-state index contributed by atoms with van der Waals surface area (Å²) in [6, 6.07) is 3.34. The van der Waals surface area contributed by atoms with E-state index in [-0.39, 0.29) is 5.41 Å². The molecule has 7 heteroatoms. The number of rotatable bonds is 2. The maximum Gasteiger partial charge on any atom is 0.410 e. The van der Waals surface area contributed by atoms with Crippen molar-refractivity contribution in [1.29, 1.82) is 0 Å². The summed E-state index contributed by atoms with van der Waals surface area (Å²) in [5.74, 6) is -2.36. The Labute approximate surface area is 170 Å². The van der Waals surface area contributed by atoms with E-state index in [4.69, 9.17) is 14.2 Å². The molecule has 3 aliphatic rings. The summed E-state index contributed by atoms with van der Waals surface area (Å²) in [6.07, 6.45) is 3.11. The number of benzene rings is 1. The average Bonchev–Trinajstić information content (AvgIpc) is 2.69. The second-order valence-corrected chi connectivity index (χ2v) is 9.50. The van der Waals surface area contributed by atoms with Crippen molar-refractivity contribution in [2.45, 2.75) is 70.3 Å². The maximum absolute atomic E-state index is 13.6. The average molecular weight is 409 g/mol. The highest BCUT2D eigenvalue weighted by Crippen LogP contribution is 2.47. The molecule has 1 atom stereocenters. The first-order chi connectivity index (χ1) is 13.6. The van der Waals surface area contributed by atoms with Gasteiger partial charge in [0, 0.05) is 31.2 Å². The molecule has 0 aromatic heterocycles. The molecule has 1 aromatic carbocycles. The maximum atomic E-state index is 13.6. The Bertz CT molecular complexity index is 777. The minimum atomic E-state index is -0.913. The molecule has 3 fully saturated rings. The van der Waals surface area contributed by atoms with Gasteiger partial charge in [0.15, 0.2) is 17.4 Å².